The highest BCUT2D eigenvalue weighted by atomic mass is 32.2. The number of carbonyl (C=O) groups excluding carboxylic acids is 1. The van der Waals surface area contributed by atoms with Gasteiger partial charge in [-0.1, -0.05) is 35.9 Å². The summed E-state index contributed by atoms with van der Waals surface area (Å²) in [5.74, 6) is -0.328. The number of para-hydroxylation sites is 1. The maximum atomic E-state index is 13.0. The SMILES string of the molecule is COc1ccc(C(=O)Nc2cccc3cccnc23)cc1S(=O)(=O)Nc1ccc(C)cc1. The summed E-state index contributed by atoms with van der Waals surface area (Å²) in [5, 5.41) is 3.70. The van der Waals surface area contributed by atoms with Crippen molar-refractivity contribution >= 4 is 38.2 Å². The average Bonchev–Trinajstić information content (AvgIpc) is 2.80. The van der Waals surface area contributed by atoms with Crippen molar-refractivity contribution in [2.75, 3.05) is 17.1 Å². The molecule has 0 aliphatic carbocycles. The van der Waals surface area contributed by atoms with E-state index in [1.54, 1.807) is 36.5 Å². The van der Waals surface area contributed by atoms with E-state index < -0.39 is 15.9 Å². The first-order valence-corrected chi connectivity index (χ1v) is 11.3. The first-order valence-electron chi connectivity index (χ1n) is 9.80. The second-order valence-electron chi connectivity index (χ2n) is 7.17. The zero-order valence-corrected chi connectivity index (χ0v) is 18.3. The second kappa shape index (κ2) is 8.68. The third-order valence-corrected chi connectivity index (χ3v) is 6.30. The number of fused-ring (bicyclic) bond motifs is 1. The molecule has 1 aromatic heterocycles. The molecule has 0 saturated carbocycles. The van der Waals surface area contributed by atoms with Gasteiger partial charge in [0.25, 0.3) is 15.9 Å². The average molecular weight is 448 g/mol. The Morgan fingerprint density at radius 1 is 0.969 bits per heavy atom. The summed E-state index contributed by atoms with van der Waals surface area (Å²) in [5.41, 5.74) is 2.77. The van der Waals surface area contributed by atoms with Crippen LogP contribution < -0.4 is 14.8 Å². The van der Waals surface area contributed by atoms with Gasteiger partial charge in [-0.25, -0.2) is 8.42 Å². The number of nitrogens with zero attached hydrogens (tertiary/aromatic N) is 1. The van der Waals surface area contributed by atoms with Crippen LogP contribution in [-0.4, -0.2) is 26.4 Å². The van der Waals surface area contributed by atoms with Crippen LogP contribution in [-0.2, 0) is 10.0 Å². The van der Waals surface area contributed by atoms with Gasteiger partial charge in [-0.15, -0.1) is 0 Å². The molecule has 8 heteroatoms. The van der Waals surface area contributed by atoms with Crippen LogP contribution in [0.4, 0.5) is 11.4 Å². The fourth-order valence-electron chi connectivity index (χ4n) is 3.26. The number of amides is 1. The van der Waals surface area contributed by atoms with Crippen molar-refractivity contribution < 1.29 is 17.9 Å². The van der Waals surface area contributed by atoms with Gasteiger partial charge in [-0.3, -0.25) is 14.5 Å². The number of rotatable bonds is 6. The van der Waals surface area contributed by atoms with Gasteiger partial charge in [0.2, 0.25) is 0 Å². The molecule has 0 aliphatic heterocycles. The van der Waals surface area contributed by atoms with Gasteiger partial charge in [0.15, 0.2) is 0 Å². The number of anilines is 2. The monoisotopic (exact) mass is 447 g/mol. The molecular formula is C24H21N3O4S. The number of aromatic nitrogens is 1. The van der Waals surface area contributed by atoms with Crippen LogP contribution in [0.15, 0.2) is 83.9 Å². The minimum Gasteiger partial charge on any atom is -0.495 e. The van der Waals surface area contributed by atoms with Crippen LogP contribution in [0.1, 0.15) is 15.9 Å². The van der Waals surface area contributed by atoms with Crippen LogP contribution in [0, 0.1) is 6.92 Å². The summed E-state index contributed by atoms with van der Waals surface area (Å²) in [7, 11) is -2.62. The number of pyridine rings is 1. The molecule has 4 aromatic rings. The molecule has 0 aliphatic rings. The Kier molecular flexibility index (Phi) is 5.79. The van der Waals surface area contributed by atoms with Gasteiger partial charge in [0, 0.05) is 22.8 Å². The number of benzene rings is 3. The largest absolute Gasteiger partial charge is 0.495 e. The standard InChI is InChI=1S/C24H21N3O4S/c1-16-8-11-19(12-9-16)27-32(29,30)22-15-18(10-13-21(22)31-2)24(28)26-20-7-3-5-17-6-4-14-25-23(17)20/h3-15,27H,1-2H3,(H,26,28). The van der Waals surface area contributed by atoms with Crippen molar-refractivity contribution in [1.29, 1.82) is 0 Å². The van der Waals surface area contributed by atoms with Crippen LogP contribution in [0.2, 0.25) is 0 Å². The fraction of sp³-hybridized carbons (Fsp3) is 0.0833. The number of aryl methyl sites for hydroxylation is 1. The minimum absolute atomic E-state index is 0.132. The molecule has 0 atom stereocenters. The second-order valence-corrected chi connectivity index (χ2v) is 8.82. The molecule has 0 bridgehead atoms. The highest BCUT2D eigenvalue weighted by Crippen LogP contribution is 2.28. The van der Waals surface area contributed by atoms with E-state index in [9.17, 15) is 13.2 Å². The van der Waals surface area contributed by atoms with Crippen LogP contribution in [0.5, 0.6) is 5.75 Å². The van der Waals surface area contributed by atoms with E-state index in [4.69, 9.17) is 4.74 Å². The molecule has 0 radical (unpaired) electrons. The van der Waals surface area contributed by atoms with Crippen molar-refractivity contribution in [3.05, 3.63) is 90.1 Å². The molecule has 32 heavy (non-hydrogen) atoms. The van der Waals surface area contributed by atoms with Crippen LogP contribution >= 0.6 is 0 Å². The molecule has 0 fully saturated rings. The Labute approximate surface area is 186 Å². The Morgan fingerprint density at radius 2 is 1.72 bits per heavy atom. The zero-order valence-electron chi connectivity index (χ0n) is 17.5. The summed E-state index contributed by atoms with van der Waals surface area (Å²) in [4.78, 5) is 17.1. The lowest BCUT2D eigenvalue weighted by atomic mass is 10.1. The van der Waals surface area contributed by atoms with Crippen molar-refractivity contribution in [2.45, 2.75) is 11.8 Å². The molecule has 162 valence electrons. The number of ether oxygens (including phenoxy) is 1. The van der Waals surface area contributed by atoms with Crippen molar-refractivity contribution in [3.8, 4) is 5.75 Å². The smallest absolute Gasteiger partial charge is 0.265 e. The Bertz CT molecular complexity index is 1400. The Morgan fingerprint density at radius 3 is 2.47 bits per heavy atom. The van der Waals surface area contributed by atoms with E-state index >= 15 is 0 Å². The number of sulfonamides is 1. The van der Waals surface area contributed by atoms with Crippen LogP contribution in [0.25, 0.3) is 10.9 Å². The van der Waals surface area contributed by atoms with Gasteiger partial charge in [0.05, 0.1) is 18.3 Å². The predicted octanol–water partition coefficient (Wildman–Crippen LogP) is 4.60. The third-order valence-electron chi connectivity index (χ3n) is 4.90. The molecule has 2 N–H and O–H groups in total. The summed E-state index contributed by atoms with van der Waals surface area (Å²) in [6.07, 6.45) is 1.65. The first kappa shape index (κ1) is 21.3. The first-order chi connectivity index (χ1) is 15.4. The van der Waals surface area contributed by atoms with E-state index in [0.29, 0.717) is 16.9 Å². The fourth-order valence-corrected chi connectivity index (χ4v) is 4.51. The summed E-state index contributed by atoms with van der Waals surface area (Å²) >= 11 is 0. The van der Waals surface area contributed by atoms with Gasteiger partial charge in [-0.05, 0) is 49.4 Å². The molecular weight excluding hydrogens is 426 g/mol. The number of carbonyl (C=O) groups is 1. The highest BCUT2D eigenvalue weighted by molar-refractivity contribution is 7.92. The maximum Gasteiger partial charge on any atom is 0.265 e. The minimum atomic E-state index is -4.00. The summed E-state index contributed by atoms with van der Waals surface area (Å²) in [6, 6.07) is 20.4. The lowest BCUT2D eigenvalue weighted by molar-refractivity contribution is 0.102. The van der Waals surface area contributed by atoms with Crippen molar-refractivity contribution in [1.82, 2.24) is 4.98 Å². The Hall–Kier alpha value is -3.91. The zero-order chi connectivity index (χ0) is 22.7. The number of hydrogen-bond acceptors (Lipinski definition) is 5. The summed E-state index contributed by atoms with van der Waals surface area (Å²) in [6.45, 7) is 1.91. The van der Waals surface area contributed by atoms with E-state index in [1.807, 2.05) is 31.2 Å². The van der Waals surface area contributed by atoms with E-state index in [0.717, 1.165) is 10.9 Å². The number of methoxy groups -OCH3 is 1. The lowest BCUT2D eigenvalue weighted by Crippen LogP contribution is -2.17. The van der Waals surface area contributed by atoms with Crippen LogP contribution in [0.3, 0.4) is 0 Å². The highest BCUT2D eigenvalue weighted by Gasteiger charge is 2.22. The van der Waals surface area contributed by atoms with Crippen molar-refractivity contribution in [2.24, 2.45) is 0 Å². The number of hydrogen-bond donors (Lipinski definition) is 2. The third kappa shape index (κ3) is 4.40. The van der Waals surface area contributed by atoms with E-state index in [-0.39, 0.29) is 16.2 Å². The molecule has 0 unspecified atom stereocenters. The van der Waals surface area contributed by atoms with E-state index in [2.05, 4.69) is 15.0 Å². The maximum absolute atomic E-state index is 13.0. The van der Waals surface area contributed by atoms with Gasteiger partial charge in [-0.2, -0.15) is 0 Å². The topological polar surface area (TPSA) is 97.4 Å². The normalized spacial score (nSPS) is 11.2. The molecule has 1 amide bonds. The molecule has 1 heterocycles. The Balaban J connectivity index is 1.66. The quantitative estimate of drug-likeness (QED) is 0.450. The van der Waals surface area contributed by atoms with E-state index in [1.165, 1.54) is 25.3 Å². The van der Waals surface area contributed by atoms with Crippen molar-refractivity contribution in [3.63, 3.8) is 0 Å². The summed E-state index contributed by atoms with van der Waals surface area (Å²) < 4.78 is 33.8. The molecule has 0 saturated heterocycles. The molecule has 3 aromatic carbocycles. The predicted molar refractivity (Wildman–Crippen MR) is 125 cm³/mol. The van der Waals surface area contributed by atoms with Gasteiger partial charge < -0.3 is 10.1 Å². The van der Waals surface area contributed by atoms with Gasteiger partial charge in [0.1, 0.15) is 10.6 Å². The number of nitrogens with one attached hydrogen (secondary N) is 2. The van der Waals surface area contributed by atoms with Gasteiger partial charge >= 0.3 is 0 Å². The molecule has 4 rings (SSSR count). The lowest BCUT2D eigenvalue weighted by Gasteiger charge is -2.14. The molecule has 0 spiro atoms. The molecule has 7 nitrogen and oxygen atoms in total.